The van der Waals surface area contributed by atoms with Gasteiger partial charge in [-0.15, -0.1) is 0 Å². The van der Waals surface area contributed by atoms with Crippen LogP contribution in [-0.4, -0.2) is 26.6 Å². The van der Waals surface area contributed by atoms with Crippen molar-refractivity contribution in [2.45, 2.75) is 31.6 Å². The minimum absolute atomic E-state index is 0.128. The van der Waals surface area contributed by atoms with Crippen molar-refractivity contribution in [2.24, 2.45) is 18.7 Å². The van der Waals surface area contributed by atoms with E-state index in [2.05, 4.69) is 10.4 Å². The Morgan fingerprint density at radius 1 is 1.55 bits per heavy atom. The molecule has 8 heteroatoms. The predicted molar refractivity (Wildman–Crippen MR) is 74.6 cm³/mol. The molecule has 110 valence electrons. The Bertz CT molecular complexity index is 534. The number of nitrogens with two attached hydrogens (primary N) is 1. The lowest BCUT2D eigenvalue weighted by Crippen LogP contribution is -2.32. The molecule has 1 amide bonds. The van der Waals surface area contributed by atoms with Gasteiger partial charge in [0.2, 0.25) is 11.8 Å². The molecule has 0 bridgehead atoms. The average Bonchev–Trinajstić information content (AvgIpc) is 2.71. The smallest absolute Gasteiger partial charge is 0.248 e. The highest BCUT2D eigenvalue weighted by molar-refractivity contribution is 7.80. The molecule has 0 spiro atoms. The van der Waals surface area contributed by atoms with Crippen molar-refractivity contribution in [1.82, 2.24) is 9.78 Å². The maximum Gasteiger partial charge on any atom is 0.248 e. The second kappa shape index (κ2) is 5.43. The molecule has 5 nitrogen and oxygen atoms in total. The Labute approximate surface area is 120 Å². The van der Waals surface area contributed by atoms with Gasteiger partial charge in [-0.2, -0.15) is 5.10 Å². The van der Waals surface area contributed by atoms with E-state index in [9.17, 15) is 13.6 Å². The molecule has 2 rings (SSSR count). The van der Waals surface area contributed by atoms with Crippen molar-refractivity contribution in [2.75, 3.05) is 5.32 Å². The van der Waals surface area contributed by atoms with Crippen LogP contribution in [0.3, 0.4) is 0 Å². The van der Waals surface area contributed by atoms with E-state index in [0.717, 1.165) is 0 Å². The van der Waals surface area contributed by atoms with Crippen LogP contribution in [0.4, 0.5) is 14.6 Å². The van der Waals surface area contributed by atoms with Gasteiger partial charge in [0.15, 0.2) is 0 Å². The topological polar surface area (TPSA) is 72.9 Å². The van der Waals surface area contributed by atoms with Gasteiger partial charge in [0, 0.05) is 25.8 Å². The van der Waals surface area contributed by atoms with E-state index in [1.54, 1.807) is 7.05 Å². The Balaban J connectivity index is 2.06. The third kappa shape index (κ3) is 3.12. The lowest BCUT2D eigenvalue weighted by Gasteiger charge is -2.27. The molecule has 3 N–H and O–H groups in total. The first-order valence-corrected chi connectivity index (χ1v) is 6.71. The van der Waals surface area contributed by atoms with E-state index in [0.29, 0.717) is 11.4 Å². The van der Waals surface area contributed by atoms with Crippen LogP contribution in [0.2, 0.25) is 0 Å². The second-order valence-corrected chi connectivity index (χ2v) is 5.45. The number of aromatic nitrogens is 2. The molecule has 0 atom stereocenters. The number of rotatable bonds is 3. The first-order chi connectivity index (χ1) is 9.30. The van der Waals surface area contributed by atoms with Crippen molar-refractivity contribution < 1.29 is 13.6 Å². The number of halogens is 2. The summed E-state index contributed by atoms with van der Waals surface area (Å²) in [6.07, 6.45) is 1.32. The third-order valence-electron chi connectivity index (χ3n) is 3.53. The highest BCUT2D eigenvalue weighted by Crippen LogP contribution is 2.36. The second-order valence-electron chi connectivity index (χ2n) is 5.01. The van der Waals surface area contributed by atoms with E-state index in [-0.39, 0.29) is 36.6 Å². The zero-order valence-corrected chi connectivity index (χ0v) is 11.8. The van der Waals surface area contributed by atoms with Crippen LogP contribution < -0.4 is 11.1 Å². The van der Waals surface area contributed by atoms with Gasteiger partial charge in [-0.05, 0) is 12.8 Å². The Morgan fingerprint density at radius 3 is 2.70 bits per heavy atom. The van der Waals surface area contributed by atoms with E-state index in [1.807, 2.05) is 0 Å². The molecule has 1 heterocycles. The molecule has 0 aliphatic heterocycles. The van der Waals surface area contributed by atoms with Crippen LogP contribution in [-0.2, 0) is 11.8 Å². The summed E-state index contributed by atoms with van der Waals surface area (Å²) in [4.78, 5) is 12.3. The molecule has 20 heavy (non-hydrogen) atoms. The minimum atomic E-state index is -2.65. The molecule has 1 aromatic rings. The molecule has 0 saturated heterocycles. The monoisotopic (exact) mass is 302 g/mol. The number of hydrogen-bond donors (Lipinski definition) is 2. The maximum absolute atomic E-state index is 13.1. The van der Waals surface area contributed by atoms with Crippen LogP contribution in [0.25, 0.3) is 0 Å². The molecule has 0 radical (unpaired) electrons. The maximum atomic E-state index is 13.1. The first-order valence-electron chi connectivity index (χ1n) is 6.30. The molecule has 1 aromatic heterocycles. The molecular formula is C12H16F2N4OS. The van der Waals surface area contributed by atoms with Gasteiger partial charge in [-0.3, -0.25) is 9.48 Å². The van der Waals surface area contributed by atoms with Gasteiger partial charge >= 0.3 is 0 Å². The van der Waals surface area contributed by atoms with Crippen molar-refractivity contribution in [3.63, 3.8) is 0 Å². The summed E-state index contributed by atoms with van der Waals surface area (Å²) >= 11 is 4.88. The summed E-state index contributed by atoms with van der Waals surface area (Å²) in [5.74, 6) is -2.95. The summed E-state index contributed by atoms with van der Waals surface area (Å²) in [7, 11) is 1.65. The van der Waals surface area contributed by atoms with Crippen LogP contribution in [0.1, 0.15) is 31.2 Å². The summed E-state index contributed by atoms with van der Waals surface area (Å²) in [5, 5.41) is 6.66. The zero-order chi connectivity index (χ0) is 14.9. The number of nitrogens with zero attached hydrogens (tertiary/aromatic N) is 2. The lowest BCUT2D eigenvalue weighted by molar-refractivity contribution is -0.124. The highest BCUT2D eigenvalue weighted by atomic mass is 32.1. The molecule has 1 aliphatic rings. The molecule has 0 unspecified atom stereocenters. The summed E-state index contributed by atoms with van der Waals surface area (Å²) in [6.45, 7) is 0. The molecule has 0 aromatic carbocycles. The normalized spacial score (nSPS) is 18.8. The van der Waals surface area contributed by atoms with Gasteiger partial charge in [0.25, 0.3) is 0 Å². The number of carbonyl (C=O) groups excluding carboxylic acids is 1. The first kappa shape index (κ1) is 14.8. The summed E-state index contributed by atoms with van der Waals surface area (Å²) in [5.41, 5.74) is 6.01. The number of alkyl halides is 2. The van der Waals surface area contributed by atoms with Gasteiger partial charge in [-0.1, -0.05) is 12.2 Å². The van der Waals surface area contributed by atoms with Gasteiger partial charge in [0.05, 0.1) is 11.8 Å². The van der Waals surface area contributed by atoms with Gasteiger partial charge in [-0.25, -0.2) is 8.78 Å². The number of carbonyl (C=O) groups is 1. The van der Waals surface area contributed by atoms with Crippen LogP contribution in [0.15, 0.2) is 6.20 Å². The van der Waals surface area contributed by atoms with E-state index < -0.39 is 11.8 Å². The molecular weight excluding hydrogens is 286 g/mol. The van der Waals surface area contributed by atoms with Gasteiger partial charge in [0.1, 0.15) is 10.8 Å². The Kier molecular flexibility index (Phi) is 4.03. The third-order valence-corrected chi connectivity index (χ3v) is 3.75. The Morgan fingerprint density at radius 2 is 2.15 bits per heavy atom. The summed E-state index contributed by atoms with van der Waals surface area (Å²) in [6, 6.07) is 0. The van der Waals surface area contributed by atoms with E-state index >= 15 is 0 Å². The Hall–Kier alpha value is -1.57. The highest BCUT2D eigenvalue weighted by Gasteiger charge is 2.37. The standard InChI is InChI=1S/C12H16F2N4OS/c1-18-10(8(6-16-18)9(15)20)17-11(19)7-2-4-12(13,14)5-3-7/h6-7H,2-5H2,1H3,(H2,15,20)(H,17,19). The van der Waals surface area contributed by atoms with Crippen molar-refractivity contribution in [3.8, 4) is 0 Å². The molecule has 1 aliphatic carbocycles. The lowest BCUT2D eigenvalue weighted by atomic mass is 9.86. The van der Waals surface area contributed by atoms with Crippen LogP contribution in [0.5, 0.6) is 0 Å². The zero-order valence-electron chi connectivity index (χ0n) is 11.0. The number of thiocarbonyl (C=S) groups is 1. The van der Waals surface area contributed by atoms with Crippen LogP contribution >= 0.6 is 12.2 Å². The fourth-order valence-corrected chi connectivity index (χ4v) is 2.44. The van der Waals surface area contributed by atoms with Crippen LogP contribution in [0, 0.1) is 5.92 Å². The van der Waals surface area contributed by atoms with Crippen molar-refractivity contribution in [3.05, 3.63) is 11.8 Å². The van der Waals surface area contributed by atoms with Crippen molar-refractivity contribution in [1.29, 1.82) is 0 Å². The largest absolute Gasteiger partial charge is 0.389 e. The van der Waals surface area contributed by atoms with Crippen molar-refractivity contribution >= 4 is 28.9 Å². The number of nitrogens with one attached hydrogen (secondary N) is 1. The van der Waals surface area contributed by atoms with E-state index in [4.69, 9.17) is 18.0 Å². The fraction of sp³-hybridized carbons (Fsp3) is 0.583. The summed E-state index contributed by atoms with van der Waals surface area (Å²) < 4.78 is 27.6. The SMILES string of the molecule is Cn1ncc(C(N)=S)c1NC(=O)C1CCC(F)(F)CC1. The molecule has 1 saturated carbocycles. The average molecular weight is 302 g/mol. The fourth-order valence-electron chi connectivity index (χ4n) is 2.29. The minimum Gasteiger partial charge on any atom is -0.389 e. The number of anilines is 1. The predicted octanol–water partition coefficient (Wildman–Crippen LogP) is 1.82. The number of hydrogen-bond acceptors (Lipinski definition) is 3. The van der Waals surface area contributed by atoms with Gasteiger partial charge < -0.3 is 11.1 Å². The number of aryl methyl sites for hydroxylation is 1. The van der Waals surface area contributed by atoms with E-state index in [1.165, 1.54) is 10.9 Å². The molecule has 1 fully saturated rings. The number of amides is 1. The quantitative estimate of drug-likeness (QED) is 0.835.